The first-order chi connectivity index (χ1) is 17.0. The molecule has 2 aromatic rings. The number of esters is 2. The fourth-order valence-corrected chi connectivity index (χ4v) is 2.67. The van der Waals surface area contributed by atoms with E-state index in [1.54, 1.807) is 54.6 Å². The second kappa shape index (κ2) is 15.2. The second-order valence-corrected chi connectivity index (χ2v) is 7.03. The molecule has 0 atom stereocenters. The van der Waals surface area contributed by atoms with Crippen molar-refractivity contribution in [3.8, 4) is 11.5 Å². The van der Waals surface area contributed by atoms with E-state index in [4.69, 9.17) is 14.2 Å². The number of hydrogen-bond donors (Lipinski definition) is 0. The van der Waals surface area contributed by atoms with E-state index < -0.39 is 11.9 Å². The summed E-state index contributed by atoms with van der Waals surface area (Å²) in [6, 6.07) is 13.8. The SMILES string of the molecule is C=C=C=C=C=C=C(OC(=O)C=C)c1ccc(C=CC(=O)Oc2ccc(OCCCCC)cc2)cc1. The molecule has 5 heteroatoms. The third kappa shape index (κ3) is 10.2. The highest BCUT2D eigenvalue weighted by Gasteiger charge is 2.07. The van der Waals surface area contributed by atoms with Crippen LogP contribution in [0, 0.1) is 0 Å². The number of benzene rings is 2. The average molecular weight is 467 g/mol. The van der Waals surface area contributed by atoms with Crippen LogP contribution in [0.1, 0.15) is 37.3 Å². The van der Waals surface area contributed by atoms with Crippen molar-refractivity contribution >= 4 is 23.8 Å². The molecule has 2 rings (SSSR count). The average Bonchev–Trinajstić information content (AvgIpc) is 2.88. The number of carbonyl (C=O) groups excluding carboxylic acids is 2. The number of unbranched alkanes of at least 4 members (excludes halogenated alkanes) is 2. The van der Waals surface area contributed by atoms with Gasteiger partial charge in [0.15, 0.2) is 5.76 Å². The van der Waals surface area contributed by atoms with E-state index in [0.29, 0.717) is 17.9 Å². The Labute approximate surface area is 205 Å². The summed E-state index contributed by atoms with van der Waals surface area (Å²) in [6.45, 7) is 9.55. The highest BCUT2D eigenvalue weighted by molar-refractivity contribution is 5.89. The molecule has 0 aliphatic carbocycles. The monoisotopic (exact) mass is 466 g/mol. The first-order valence-corrected chi connectivity index (χ1v) is 11.0. The van der Waals surface area contributed by atoms with Gasteiger partial charge in [-0.25, -0.2) is 9.59 Å². The van der Waals surface area contributed by atoms with Crippen LogP contribution in [-0.2, 0) is 14.3 Å². The van der Waals surface area contributed by atoms with Gasteiger partial charge in [0.1, 0.15) is 11.5 Å². The molecule has 176 valence electrons. The van der Waals surface area contributed by atoms with Crippen LogP contribution in [-0.4, -0.2) is 18.5 Å². The summed E-state index contributed by atoms with van der Waals surface area (Å²) < 4.78 is 16.2. The van der Waals surface area contributed by atoms with E-state index >= 15 is 0 Å². The van der Waals surface area contributed by atoms with Crippen LogP contribution < -0.4 is 9.47 Å². The molecule has 0 saturated carbocycles. The summed E-state index contributed by atoms with van der Waals surface area (Å²) in [7, 11) is 0. The summed E-state index contributed by atoms with van der Waals surface area (Å²) in [5.74, 6) is 0.139. The Hall–Kier alpha value is -4.70. The zero-order valence-electron chi connectivity index (χ0n) is 19.6. The van der Waals surface area contributed by atoms with Gasteiger partial charge in [-0.1, -0.05) is 44.2 Å². The predicted octanol–water partition coefficient (Wildman–Crippen LogP) is 6.35. The highest BCUT2D eigenvalue weighted by atomic mass is 16.5. The van der Waals surface area contributed by atoms with Crippen molar-refractivity contribution in [2.24, 2.45) is 0 Å². The lowest BCUT2D eigenvalue weighted by atomic mass is 10.1. The Morgan fingerprint density at radius 2 is 1.63 bits per heavy atom. The van der Waals surface area contributed by atoms with Gasteiger partial charge in [0, 0.05) is 17.7 Å². The smallest absolute Gasteiger partial charge is 0.336 e. The lowest BCUT2D eigenvalue weighted by molar-refractivity contribution is -0.131. The van der Waals surface area contributed by atoms with Gasteiger partial charge >= 0.3 is 11.9 Å². The van der Waals surface area contributed by atoms with E-state index in [1.165, 1.54) is 6.08 Å². The lowest BCUT2D eigenvalue weighted by Gasteiger charge is -2.07. The van der Waals surface area contributed by atoms with Gasteiger partial charge in [-0.05, 0) is 84.0 Å². The van der Waals surface area contributed by atoms with Gasteiger partial charge in [-0.3, -0.25) is 0 Å². The minimum Gasteiger partial charge on any atom is -0.494 e. The fraction of sp³-hybridized carbons (Fsp3) is 0.167. The summed E-state index contributed by atoms with van der Waals surface area (Å²) >= 11 is 0. The maximum Gasteiger partial charge on any atom is 0.336 e. The van der Waals surface area contributed by atoms with E-state index in [1.807, 2.05) is 0 Å². The summed E-state index contributed by atoms with van der Waals surface area (Å²) in [5.41, 5.74) is 13.9. The maximum absolute atomic E-state index is 12.2. The zero-order valence-corrected chi connectivity index (χ0v) is 19.6. The first kappa shape index (κ1) is 26.6. The molecule has 0 aliphatic heterocycles. The molecule has 35 heavy (non-hydrogen) atoms. The van der Waals surface area contributed by atoms with Gasteiger partial charge in [0.25, 0.3) is 0 Å². The molecule has 0 aromatic heterocycles. The Morgan fingerprint density at radius 3 is 2.29 bits per heavy atom. The normalized spacial score (nSPS) is 9.51. The summed E-state index contributed by atoms with van der Waals surface area (Å²) in [6.07, 6.45) is 7.26. The van der Waals surface area contributed by atoms with Crippen molar-refractivity contribution in [3.05, 3.63) is 114 Å². The van der Waals surface area contributed by atoms with Crippen molar-refractivity contribution in [2.45, 2.75) is 26.2 Å². The Morgan fingerprint density at radius 1 is 0.914 bits per heavy atom. The van der Waals surface area contributed by atoms with Gasteiger partial charge in [0.2, 0.25) is 0 Å². The number of rotatable bonds is 11. The molecule has 2 aromatic carbocycles. The number of ether oxygens (including phenoxy) is 3. The minimum atomic E-state index is -0.639. The molecule has 0 spiro atoms. The predicted molar refractivity (Wildman–Crippen MR) is 135 cm³/mol. The molecule has 0 saturated heterocycles. The van der Waals surface area contributed by atoms with Crippen molar-refractivity contribution in [1.82, 2.24) is 0 Å². The molecule has 0 N–H and O–H groups in total. The summed E-state index contributed by atoms with van der Waals surface area (Å²) in [5, 5.41) is 0. The molecular weight excluding hydrogens is 440 g/mol. The fourth-order valence-electron chi connectivity index (χ4n) is 2.67. The molecule has 0 heterocycles. The van der Waals surface area contributed by atoms with E-state index in [0.717, 1.165) is 36.7 Å². The summed E-state index contributed by atoms with van der Waals surface area (Å²) in [4.78, 5) is 23.8. The quantitative estimate of drug-likeness (QED) is 0.0964. The second-order valence-electron chi connectivity index (χ2n) is 7.03. The van der Waals surface area contributed by atoms with Gasteiger partial charge < -0.3 is 14.2 Å². The van der Waals surface area contributed by atoms with Crippen LogP contribution in [0.2, 0.25) is 0 Å². The number of hydrogen-bond acceptors (Lipinski definition) is 5. The van der Waals surface area contributed by atoms with E-state index in [2.05, 4.69) is 48.7 Å². The van der Waals surface area contributed by atoms with Gasteiger partial charge in [-0.15, -0.1) is 0 Å². The van der Waals surface area contributed by atoms with Crippen LogP contribution in [0.5, 0.6) is 11.5 Å². The van der Waals surface area contributed by atoms with Crippen molar-refractivity contribution in [2.75, 3.05) is 6.61 Å². The zero-order chi connectivity index (χ0) is 25.3. The van der Waals surface area contributed by atoms with Crippen LogP contribution in [0.3, 0.4) is 0 Å². The van der Waals surface area contributed by atoms with Crippen molar-refractivity contribution in [1.29, 1.82) is 0 Å². The molecular formula is C30H26O5. The molecule has 0 unspecified atom stereocenters. The number of carbonyl (C=O) groups is 2. The molecule has 5 nitrogen and oxygen atoms in total. The molecule has 0 bridgehead atoms. The highest BCUT2D eigenvalue weighted by Crippen LogP contribution is 2.19. The molecule has 0 radical (unpaired) electrons. The Balaban J connectivity index is 2.03. The van der Waals surface area contributed by atoms with E-state index in [-0.39, 0.29) is 5.76 Å². The lowest BCUT2D eigenvalue weighted by Crippen LogP contribution is -2.03. The largest absolute Gasteiger partial charge is 0.494 e. The Kier molecular flexibility index (Phi) is 11.5. The van der Waals surface area contributed by atoms with Crippen LogP contribution in [0.15, 0.2) is 102 Å². The molecule has 0 aliphatic rings. The first-order valence-electron chi connectivity index (χ1n) is 11.0. The Bertz CT molecular complexity index is 1250. The van der Waals surface area contributed by atoms with Gasteiger partial charge in [-0.2, -0.15) is 0 Å². The standard InChI is InChI=1S/C30H26O5/c1-4-7-9-10-12-28(35-29(31)6-3)25-16-13-24(14-17-25)15-22-30(32)34-27-20-18-26(19-21-27)33-23-11-8-5-2/h6,13-22H,1,3,5,8,11,23H2,2H3. The third-order valence-corrected chi connectivity index (χ3v) is 4.40. The molecule has 0 amide bonds. The molecule has 0 fully saturated rings. The maximum atomic E-state index is 12.2. The van der Waals surface area contributed by atoms with E-state index in [9.17, 15) is 9.59 Å². The van der Waals surface area contributed by atoms with Gasteiger partial charge in [0.05, 0.1) is 6.61 Å². The van der Waals surface area contributed by atoms with Crippen LogP contribution in [0.4, 0.5) is 0 Å². The van der Waals surface area contributed by atoms with Crippen LogP contribution in [0.25, 0.3) is 11.8 Å². The topological polar surface area (TPSA) is 61.8 Å². The van der Waals surface area contributed by atoms with Crippen LogP contribution >= 0.6 is 0 Å². The minimum absolute atomic E-state index is 0.126. The van der Waals surface area contributed by atoms with Crippen molar-refractivity contribution in [3.63, 3.8) is 0 Å². The van der Waals surface area contributed by atoms with Crippen molar-refractivity contribution < 1.29 is 23.8 Å². The third-order valence-electron chi connectivity index (χ3n) is 4.40.